The number of quaternary nitrogens is 1. The number of pyridine rings is 1. The largest absolute Gasteiger partial charge is 0.484 e. The molecule has 0 aliphatic carbocycles. The van der Waals surface area contributed by atoms with Crippen LogP contribution in [0.3, 0.4) is 0 Å². The summed E-state index contributed by atoms with van der Waals surface area (Å²) in [5.74, 6) is 0.204. The lowest BCUT2D eigenvalue weighted by molar-refractivity contribution is -0.887. The number of hydrogen-bond donors (Lipinski definition) is 0. The summed E-state index contributed by atoms with van der Waals surface area (Å²) in [6, 6.07) is 19.7. The van der Waals surface area contributed by atoms with Crippen molar-refractivity contribution in [2.24, 2.45) is 0 Å². The van der Waals surface area contributed by atoms with E-state index in [0.717, 1.165) is 22.4 Å². The minimum atomic E-state index is -4.39. The van der Waals surface area contributed by atoms with Crippen molar-refractivity contribution in [3.8, 4) is 5.75 Å². The smallest absolute Gasteiger partial charge is 0.422 e. The number of carbonyl (C=O) groups is 1. The van der Waals surface area contributed by atoms with Crippen molar-refractivity contribution in [1.29, 1.82) is 0 Å². The van der Waals surface area contributed by atoms with Gasteiger partial charge in [-0.3, -0.25) is 4.98 Å². The second-order valence-electron chi connectivity index (χ2n) is 8.10. The minimum Gasteiger partial charge on any atom is -0.484 e. The zero-order chi connectivity index (χ0) is 22.8. The fourth-order valence-corrected chi connectivity index (χ4v) is 4.32. The summed E-state index contributed by atoms with van der Waals surface area (Å²) in [5, 5.41) is 0. The van der Waals surface area contributed by atoms with Crippen molar-refractivity contribution in [2.45, 2.75) is 32.1 Å². The van der Waals surface area contributed by atoms with E-state index in [1.165, 1.54) is 12.1 Å². The topological polar surface area (TPSA) is 39.2 Å². The molecule has 0 saturated heterocycles. The lowest BCUT2D eigenvalue weighted by Crippen LogP contribution is -2.51. The molecule has 0 saturated carbocycles. The van der Waals surface area contributed by atoms with Gasteiger partial charge < -0.3 is 4.74 Å². The predicted octanol–water partition coefficient (Wildman–Crippen LogP) is 5.50. The molecular weight excluding hydrogens is 417 g/mol. The van der Waals surface area contributed by atoms with Crippen molar-refractivity contribution < 1.29 is 27.2 Å². The van der Waals surface area contributed by atoms with E-state index in [-0.39, 0.29) is 22.2 Å². The molecule has 1 aliphatic rings. The third-order valence-corrected chi connectivity index (χ3v) is 6.10. The summed E-state index contributed by atoms with van der Waals surface area (Å²) < 4.78 is 42.3. The fourth-order valence-electron chi connectivity index (χ4n) is 4.32. The van der Waals surface area contributed by atoms with Gasteiger partial charge >= 0.3 is 12.1 Å². The number of halogens is 3. The highest BCUT2D eigenvalue weighted by Gasteiger charge is 2.49. The van der Waals surface area contributed by atoms with Gasteiger partial charge in [0.05, 0.1) is 12.1 Å². The van der Waals surface area contributed by atoms with Gasteiger partial charge in [-0.1, -0.05) is 24.3 Å². The Morgan fingerprint density at radius 2 is 1.75 bits per heavy atom. The molecule has 0 radical (unpaired) electrons. The molecular formula is C25H24F3N2O2+. The van der Waals surface area contributed by atoms with Crippen LogP contribution in [-0.2, 0) is 13.0 Å². The maximum atomic E-state index is 13.6. The Morgan fingerprint density at radius 1 is 1.03 bits per heavy atom. The van der Waals surface area contributed by atoms with Gasteiger partial charge in [0, 0.05) is 29.4 Å². The van der Waals surface area contributed by atoms with Crippen LogP contribution in [-0.4, -0.2) is 34.7 Å². The standard InChI is InChI=1S/C25H24F3N2O2/c1-18(19-9-11-22(12-10-19)32-17-25(26,27)28)30(15-13-21-7-4-5-14-29-21)16-20-6-2-3-8-23(20)24(30)31/h2-12,14,18H,13,15-17H2,1H3/q+1. The summed E-state index contributed by atoms with van der Waals surface area (Å²) >= 11 is 0. The first-order chi connectivity index (χ1) is 15.3. The molecule has 4 nitrogen and oxygen atoms in total. The molecule has 0 fully saturated rings. The Balaban J connectivity index is 1.61. The highest BCUT2D eigenvalue weighted by molar-refractivity contribution is 5.93. The Labute approximate surface area is 184 Å². The molecule has 2 unspecified atom stereocenters. The summed E-state index contributed by atoms with van der Waals surface area (Å²) in [4.78, 5) is 18.0. The van der Waals surface area contributed by atoms with E-state index in [0.29, 0.717) is 19.5 Å². The molecule has 2 heterocycles. The first-order valence-corrected chi connectivity index (χ1v) is 10.5. The highest BCUT2D eigenvalue weighted by Crippen LogP contribution is 2.40. The van der Waals surface area contributed by atoms with E-state index >= 15 is 0 Å². The van der Waals surface area contributed by atoms with Crippen molar-refractivity contribution in [2.75, 3.05) is 13.2 Å². The van der Waals surface area contributed by atoms with Crippen LogP contribution < -0.4 is 4.74 Å². The zero-order valence-electron chi connectivity index (χ0n) is 17.7. The Hall–Kier alpha value is -3.19. The predicted molar refractivity (Wildman–Crippen MR) is 114 cm³/mol. The number of amides is 1. The maximum absolute atomic E-state index is 13.6. The number of aromatic nitrogens is 1. The van der Waals surface area contributed by atoms with Crippen LogP contribution in [0, 0.1) is 0 Å². The van der Waals surface area contributed by atoms with Crippen LogP contribution in [0.1, 0.15) is 40.1 Å². The average molecular weight is 441 g/mol. The van der Waals surface area contributed by atoms with Gasteiger partial charge in [-0.2, -0.15) is 13.2 Å². The van der Waals surface area contributed by atoms with E-state index in [2.05, 4.69) is 4.98 Å². The SMILES string of the molecule is CC(c1ccc(OCC(F)(F)F)cc1)[N+]1(CCc2ccccn2)Cc2ccccc2C1=O. The van der Waals surface area contributed by atoms with Crippen LogP contribution >= 0.6 is 0 Å². The van der Waals surface area contributed by atoms with Gasteiger partial charge in [0.2, 0.25) is 0 Å². The van der Waals surface area contributed by atoms with E-state index in [9.17, 15) is 18.0 Å². The van der Waals surface area contributed by atoms with Crippen molar-refractivity contribution in [1.82, 2.24) is 4.98 Å². The molecule has 0 spiro atoms. The normalized spacial score (nSPS) is 18.9. The van der Waals surface area contributed by atoms with Gasteiger partial charge in [-0.25, -0.2) is 9.28 Å². The number of benzene rings is 2. The summed E-state index contributed by atoms with van der Waals surface area (Å²) in [7, 11) is 0. The number of nitrogens with zero attached hydrogens (tertiary/aromatic N) is 2. The number of ether oxygens (including phenoxy) is 1. The van der Waals surface area contributed by atoms with Crippen LogP contribution in [0.25, 0.3) is 0 Å². The molecule has 3 aromatic rings. The van der Waals surface area contributed by atoms with Gasteiger partial charge in [0.1, 0.15) is 18.3 Å². The van der Waals surface area contributed by atoms with Crippen molar-refractivity contribution >= 4 is 5.91 Å². The number of rotatable bonds is 7. The molecule has 32 heavy (non-hydrogen) atoms. The second-order valence-corrected chi connectivity index (χ2v) is 8.10. The number of alkyl halides is 3. The molecule has 2 aromatic carbocycles. The number of fused-ring (bicyclic) bond motifs is 1. The van der Waals surface area contributed by atoms with Crippen LogP contribution in [0.15, 0.2) is 72.9 Å². The quantitative estimate of drug-likeness (QED) is 0.455. The third-order valence-electron chi connectivity index (χ3n) is 6.10. The average Bonchev–Trinajstić information content (AvgIpc) is 3.09. The van der Waals surface area contributed by atoms with Crippen LogP contribution in [0.4, 0.5) is 13.2 Å². The monoisotopic (exact) mass is 441 g/mol. The maximum Gasteiger partial charge on any atom is 0.422 e. The van der Waals surface area contributed by atoms with Crippen LogP contribution in [0.2, 0.25) is 0 Å². The molecule has 1 aliphatic heterocycles. The molecule has 2 atom stereocenters. The Morgan fingerprint density at radius 3 is 2.41 bits per heavy atom. The Kier molecular flexibility index (Phi) is 6.02. The van der Waals surface area contributed by atoms with E-state index in [1.807, 2.05) is 49.4 Å². The number of carbonyl (C=O) groups excluding carboxylic acids is 1. The lowest BCUT2D eigenvalue weighted by Gasteiger charge is -2.37. The highest BCUT2D eigenvalue weighted by atomic mass is 19.4. The summed E-state index contributed by atoms with van der Waals surface area (Å²) in [5.41, 5.74) is 3.52. The van der Waals surface area contributed by atoms with Gasteiger partial charge in [0.25, 0.3) is 0 Å². The molecule has 4 rings (SSSR count). The van der Waals surface area contributed by atoms with Gasteiger partial charge in [-0.15, -0.1) is 0 Å². The molecule has 166 valence electrons. The van der Waals surface area contributed by atoms with Gasteiger partial charge in [0.15, 0.2) is 6.61 Å². The molecule has 7 heteroatoms. The zero-order valence-corrected chi connectivity index (χ0v) is 17.7. The first-order valence-electron chi connectivity index (χ1n) is 10.5. The number of hydrogen-bond acceptors (Lipinski definition) is 3. The molecule has 0 bridgehead atoms. The molecule has 0 N–H and O–H groups in total. The van der Waals surface area contributed by atoms with E-state index in [1.54, 1.807) is 18.3 Å². The first kappa shape index (κ1) is 22.0. The van der Waals surface area contributed by atoms with Crippen molar-refractivity contribution in [3.05, 3.63) is 95.3 Å². The lowest BCUT2D eigenvalue weighted by atomic mass is 10.0. The summed E-state index contributed by atoms with van der Waals surface area (Å²) in [6.45, 7) is 1.79. The molecule has 1 amide bonds. The minimum absolute atomic E-state index is 0.0569. The summed E-state index contributed by atoms with van der Waals surface area (Å²) in [6.07, 6.45) is -2.01. The Bertz CT molecular complexity index is 1080. The second kappa shape index (κ2) is 8.74. The van der Waals surface area contributed by atoms with Gasteiger partial charge in [-0.05, 0) is 49.4 Å². The van der Waals surface area contributed by atoms with Crippen LogP contribution in [0.5, 0.6) is 5.75 Å². The third kappa shape index (κ3) is 4.53. The van der Waals surface area contributed by atoms with E-state index < -0.39 is 12.8 Å². The van der Waals surface area contributed by atoms with E-state index in [4.69, 9.17) is 4.74 Å². The van der Waals surface area contributed by atoms with Crippen molar-refractivity contribution in [3.63, 3.8) is 0 Å². The fraction of sp³-hybridized carbons (Fsp3) is 0.280. The molecule has 1 aromatic heterocycles.